The van der Waals surface area contributed by atoms with Crippen molar-refractivity contribution in [3.05, 3.63) is 59.2 Å². The summed E-state index contributed by atoms with van der Waals surface area (Å²) in [5.41, 5.74) is -0.0465. The summed E-state index contributed by atoms with van der Waals surface area (Å²) in [5.74, 6) is -1.93. The number of carbonyl (C=O) groups is 3. The van der Waals surface area contributed by atoms with Crippen LogP contribution in [0.1, 0.15) is 50.3 Å². The van der Waals surface area contributed by atoms with Gasteiger partial charge in [0.25, 0.3) is 15.9 Å². The number of benzene rings is 2. The number of anilines is 1. The van der Waals surface area contributed by atoms with Crippen LogP contribution in [0.15, 0.2) is 47.4 Å². The fourth-order valence-electron chi connectivity index (χ4n) is 3.49. The van der Waals surface area contributed by atoms with E-state index in [0.29, 0.717) is 13.1 Å². The predicted molar refractivity (Wildman–Crippen MR) is 116 cm³/mol. The molecule has 0 spiro atoms. The monoisotopic (exact) mass is 460 g/mol. The maximum absolute atomic E-state index is 13.3. The average molecular weight is 461 g/mol. The second-order valence-electron chi connectivity index (χ2n) is 7.20. The highest BCUT2D eigenvalue weighted by molar-refractivity contribution is 7.92. The van der Waals surface area contributed by atoms with E-state index in [4.69, 9.17) is 0 Å². The van der Waals surface area contributed by atoms with Crippen LogP contribution < -0.4 is 4.72 Å². The number of nitrogens with one attached hydrogen (secondary N) is 1. The highest BCUT2D eigenvalue weighted by Gasteiger charge is 2.28. The van der Waals surface area contributed by atoms with E-state index >= 15 is 0 Å². The van der Waals surface area contributed by atoms with E-state index in [1.165, 1.54) is 18.2 Å². The molecule has 1 N–H and O–H groups in total. The Labute approximate surface area is 186 Å². The quantitative estimate of drug-likeness (QED) is 0.658. The molecule has 32 heavy (non-hydrogen) atoms. The molecule has 0 atom stereocenters. The summed E-state index contributed by atoms with van der Waals surface area (Å²) in [4.78, 5) is 38.3. The number of rotatable bonds is 6. The minimum atomic E-state index is -4.38. The van der Waals surface area contributed by atoms with E-state index in [2.05, 4.69) is 14.2 Å². The molecule has 1 amide bonds. The molecule has 0 aliphatic carbocycles. The summed E-state index contributed by atoms with van der Waals surface area (Å²) < 4.78 is 38.2. The van der Waals surface area contributed by atoms with Crippen molar-refractivity contribution in [3.63, 3.8) is 0 Å². The van der Waals surface area contributed by atoms with Gasteiger partial charge in [-0.25, -0.2) is 18.0 Å². The van der Waals surface area contributed by atoms with Crippen LogP contribution in [0, 0.1) is 0 Å². The van der Waals surface area contributed by atoms with Gasteiger partial charge in [0.15, 0.2) is 0 Å². The van der Waals surface area contributed by atoms with Gasteiger partial charge >= 0.3 is 11.9 Å². The Hall–Kier alpha value is -3.40. The first-order valence-corrected chi connectivity index (χ1v) is 11.5. The van der Waals surface area contributed by atoms with E-state index in [-0.39, 0.29) is 28.3 Å². The summed E-state index contributed by atoms with van der Waals surface area (Å²) >= 11 is 0. The molecule has 1 fully saturated rings. The van der Waals surface area contributed by atoms with E-state index in [1.807, 2.05) is 0 Å². The Morgan fingerprint density at radius 3 is 2.19 bits per heavy atom. The number of piperidine rings is 1. The summed E-state index contributed by atoms with van der Waals surface area (Å²) in [7, 11) is -2.10. The average Bonchev–Trinajstić information content (AvgIpc) is 2.82. The van der Waals surface area contributed by atoms with Crippen molar-refractivity contribution in [2.75, 3.05) is 32.0 Å². The number of hydrogen-bond donors (Lipinski definition) is 1. The number of ether oxygens (including phenoxy) is 2. The van der Waals surface area contributed by atoms with E-state index < -0.39 is 26.9 Å². The van der Waals surface area contributed by atoms with E-state index in [1.54, 1.807) is 23.1 Å². The molecule has 2 aromatic carbocycles. The normalized spacial score (nSPS) is 13.9. The van der Waals surface area contributed by atoms with E-state index in [0.717, 1.165) is 39.5 Å². The van der Waals surface area contributed by atoms with Gasteiger partial charge in [0.1, 0.15) is 4.90 Å². The standard InChI is InChI=1S/C22H24N2O7S/c1-30-21(26)15-10-11-17(22(27)31-2)19(14-15)32(28,29)23-18-9-5-4-8-16(18)20(25)24-12-6-3-7-13-24/h4-5,8-11,14,23H,3,6-7,12-13H2,1-2H3. The van der Waals surface area contributed by atoms with Crippen LogP contribution in [0.3, 0.4) is 0 Å². The molecule has 0 saturated carbocycles. The fourth-order valence-corrected chi connectivity index (χ4v) is 4.79. The maximum atomic E-state index is 13.3. The highest BCUT2D eigenvalue weighted by Crippen LogP contribution is 2.26. The fraction of sp³-hybridized carbons (Fsp3) is 0.318. The minimum absolute atomic E-state index is 0.0572. The van der Waals surface area contributed by atoms with Crippen LogP contribution in [-0.2, 0) is 19.5 Å². The zero-order valence-electron chi connectivity index (χ0n) is 17.8. The van der Waals surface area contributed by atoms with Crippen LogP contribution >= 0.6 is 0 Å². The Morgan fingerprint density at radius 2 is 1.53 bits per heavy atom. The summed E-state index contributed by atoms with van der Waals surface area (Å²) in [5, 5.41) is 0. The van der Waals surface area contributed by atoms with Crippen molar-refractivity contribution >= 4 is 33.6 Å². The van der Waals surface area contributed by atoms with Gasteiger partial charge in [-0.15, -0.1) is 0 Å². The molecule has 3 rings (SSSR count). The lowest BCUT2D eigenvalue weighted by atomic mass is 10.1. The molecule has 0 radical (unpaired) electrons. The third-order valence-electron chi connectivity index (χ3n) is 5.14. The van der Waals surface area contributed by atoms with Crippen LogP contribution in [0.5, 0.6) is 0 Å². The zero-order chi connectivity index (χ0) is 23.3. The van der Waals surface area contributed by atoms with Crippen molar-refractivity contribution in [2.45, 2.75) is 24.2 Å². The summed E-state index contributed by atoms with van der Waals surface area (Å²) in [6.45, 7) is 1.21. The molecule has 0 aromatic heterocycles. The molecule has 1 aliphatic heterocycles. The number of amides is 1. The molecule has 10 heteroatoms. The Morgan fingerprint density at radius 1 is 0.875 bits per heavy atom. The maximum Gasteiger partial charge on any atom is 0.339 e. The number of esters is 2. The highest BCUT2D eigenvalue weighted by atomic mass is 32.2. The Bertz CT molecular complexity index is 1140. The number of likely N-dealkylation sites (tertiary alicyclic amines) is 1. The number of para-hydroxylation sites is 1. The Kier molecular flexibility index (Phi) is 7.14. The van der Waals surface area contributed by atoms with Crippen LogP contribution in [0.2, 0.25) is 0 Å². The molecular formula is C22H24N2O7S. The molecule has 2 aromatic rings. The third kappa shape index (κ3) is 4.91. The van der Waals surface area contributed by atoms with Gasteiger partial charge in [-0.3, -0.25) is 9.52 Å². The van der Waals surface area contributed by atoms with Crippen molar-refractivity contribution in [1.82, 2.24) is 4.90 Å². The van der Waals surface area contributed by atoms with Crippen LogP contribution in [0.25, 0.3) is 0 Å². The van der Waals surface area contributed by atoms with Gasteiger partial charge < -0.3 is 14.4 Å². The topological polar surface area (TPSA) is 119 Å². The minimum Gasteiger partial charge on any atom is -0.465 e. The van der Waals surface area contributed by atoms with Gasteiger partial charge in [-0.05, 0) is 49.6 Å². The second kappa shape index (κ2) is 9.82. The zero-order valence-corrected chi connectivity index (χ0v) is 18.6. The van der Waals surface area contributed by atoms with Gasteiger partial charge in [0.2, 0.25) is 0 Å². The number of hydrogen-bond acceptors (Lipinski definition) is 7. The largest absolute Gasteiger partial charge is 0.465 e. The molecule has 1 heterocycles. The SMILES string of the molecule is COC(=O)c1ccc(C(=O)OC)c(S(=O)(=O)Nc2ccccc2C(=O)N2CCCCC2)c1. The first-order chi connectivity index (χ1) is 15.3. The number of sulfonamides is 1. The molecule has 170 valence electrons. The molecule has 0 bridgehead atoms. The van der Waals surface area contributed by atoms with Crippen molar-refractivity contribution in [1.29, 1.82) is 0 Å². The molecule has 0 unspecified atom stereocenters. The number of carbonyl (C=O) groups excluding carboxylic acids is 3. The number of methoxy groups -OCH3 is 2. The Balaban J connectivity index is 2.02. The first kappa shape index (κ1) is 23.3. The van der Waals surface area contributed by atoms with Gasteiger partial charge in [0.05, 0.1) is 36.6 Å². The lowest BCUT2D eigenvalue weighted by Gasteiger charge is -2.27. The predicted octanol–water partition coefficient (Wildman–Crippen LogP) is 2.69. The van der Waals surface area contributed by atoms with E-state index in [9.17, 15) is 22.8 Å². The second-order valence-corrected chi connectivity index (χ2v) is 8.85. The first-order valence-electron chi connectivity index (χ1n) is 10.0. The summed E-state index contributed by atoms with van der Waals surface area (Å²) in [6.07, 6.45) is 2.83. The molecule has 1 saturated heterocycles. The molecule has 1 aliphatic rings. The van der Waals surface area contributed by atoms with Gasteiger partial charge in [-0.1, -0.05) is 12.1 Å². The van der Waals surface area contributed by atoms with Crippen LogP contribution in [0.4, 0.5) is 5.69 Å². The lowest BCUT2D eigenvalue weighted by molar-refractivity contribution is 0.0583. The van der Waals surface area contributed by atoms with Crippen LogP contribution in [-0.4, -0.2) is 58.5 Å². The van der Waals surface area contributed by atoms with Gasteiger partial charge in [-0.2, -0.15) is 0 Å². The van der Waals surface area contributed by atoms with Gasteiger partial charge in [0, 0.05) is 13.1 Å². The van der Waals surface area contributed by atoms with Crippen molar-refractivity contribution in [3.8, 4) is 0 Å². The summed E-state index contributed by atoms with van der Waals surface area (Å²) in [6, 6.07) is 9.74. The smallest absolute Gasteiger partial charge is 0.339 e. The van der Waals surface area contributed by atoms with Crippen molar-refractivity contribution < 1.29 is 32.3 Å². The third-order valence-corrected chi connectivity index (χ3v) is 6.55. The lowest BCUT2D eigenvalue weighted by Crippen LogP contribution is -2.36. The number of nitrogens with zero attached hydrogens (tertiary/aromatic N) is 1. The van der Waals surface area contributed by atoms with Crippen molar-refractivity contribution in [2.24, 2.45) is 0 Å². The molecule has 9 nitrogen and oxygen atoms in total. The molecular weight excluding hydrogens is 436 g/mol.